The third kappa shape index (κ3) is 6.49. The Labute approximate surface area is 194 Å². The van der Waals surface area contributed by atoms with Crippen LogP contribution in [-0.2, 0) is 14.8 Å². The SMILES string of the molecule is COc1ccc(S[C@H](C)C(=O)Nc2ccc(S(=O)(=O)Nc3ccc(Br)cc3)cc2)cc1. The van der Waals surface area contributed by atoms with Crippen LogP contribution < -0.4 is 14.8 Å². The molecule has 1 atom stereocenters. The highest BCUT2D eigenvalue weighted by atomic mass is 79.9. The summed E-state index contributed by atoms with van der Waals surface area (Å²) in [5.74, 6) is 0.579. The van der Waals surface area contributed by atoms with Gasteiger partial charge in [0.25, 0.3) is 10.0 Å². The minimum atomic E-state index is -3.73. The second kappa shape index (κ2) is 10.2. The molecule has 0 spiro atoms. The molecular formula is C22H21BrN2O4S2. The van der Waals surface area contributed by atoms with Gasteiger partial charge in [0.2, 0.25) is 5.91 Å². The number of amides is 1. The van der Waals surface area contributed by atoms with E-state index in [4.69, 9.17) is 4.74 Å². The van der Waals surface area contributed by atoms with Crippen LogP contribution in [0.3, 0.4) is 0 Å². The summed E-state index contributed by atoms with van der Waals surface area (Å²) in [6.07, 6.45) is 0. The van der Waals surface area contributed by atoms with Crippen LogP contribution in [-0.4, -0.2) is 26.7 Å². The molecule has 0 aromatic heterocycles. The van der Waals surface area contributed by atoms with Crippen molar-refractivity contribution in [2.75, 3.05) is 17.1 Å². The molecule has 0 saturated carbocycles. The molecule has 0 heterocycles. The van der Waals surface area contributed by atoms with E-state index in [2.05, 4.69) is 26.0 Å². The number of hydrogen-bond acceptors (Lipinski definition) is 5. The van der Waals surface area contributed by atoms with Crippen molar-refractivity contribution < 1.29 is 17.9 Å². The normalized spacial score (nSPS) is 12.1. The van der Waals surface area contributed by atoms with Crippen LogP contribution in [0.25, 0.3) is 0 Å². The Hall–Kier alpha value is -2.49. The Morgan fingerprint density at radius 2 is 1.52 bits per heavy atom. The average molecular weight is 521 g/mol. The van der Waals surface area contributed by atoms with E-state index in [1.807, 2.05) is 31.2 Å². The number of nitrogens with one attached hydrogen (secondary N) is 2. The van der Waals surface area contributed by atoms with Gasteiger partial charge in [-0.25, -0.2) is 8.42 Å². The lowest BCUT2D eigenvalue weighted by molar-refractivity contribution is -0.115. The van der Waals surface area contributed by atoms with Crippen LogP contribution in [0.15, 0.2) is 87.1 Å². The van der Waals surface area contributed by atoms with Crippen LogP contribution in [0.5, 0.6) is 5.75 Å². The number of methoxy groups -OCH3 is 1. The highest BCUT2D eigenvalue weighted by Gasteiger charge is 2.17. The Bertz CT molecular complexity index is 1130. The Kier molecular flexibility index (Phi) is 7.64. The smallest absolute Gasteiger partial charge is 0.261 e. The van der Waals surface area contributed by atoms with Gasteiger partial charge in [0.1, 0.15) is 5.75 Å². The molecule has 0 bridgehead atoms. The van der Waals surface area contributed by atoms with Gasteiger partial charge < -0.3 is 10.1 Å². The number of carbonyl (C=O) groups excluding carboxylic acids is 1. The quantitative estimate of drug-likeness (QED) is 0.389. The van der Waals surface area contributed by atoms with E-state index >= 15 is 0 Å². The van der Waals surface area contributed by atoms with Crippen LogP contribution >= 0.6 is 27.7 Å². The van der Waals surface area contributed by atoms with Crippen molar-refractivity contribution in [3.05, 3.63) is 77.3 Å². The molecule has 162 valence electrons. The topological polar surface area (TPSA) is 84.5 Å². The van der Waals surface area contributed by atoms with Gasteiger partial charge in [-0.3, -0.25) is 9.52 Å². The van der Waals surface area contributed by atoms with Gasteiger partial charge in [-0.05, 0) is 79.7 Å². The molecule has 6 nitrogen and oxygen atoms in total. The second-order valence-corrected chi connectivity index (χ2v) is 10.6. The van der Waals surface area contributed by atoms with Crippen molar-refractivity contribution in [3.8, 4) is 5.75 Å². The molecular weight excluding hydrogens is 500 g/mol. The molecule has 0 fully saturated rings. The molecule has 9 heteroatoms. The first-order chi connectivity index (χ1) is 14.8. The molecule has 2 N–H and O–H groups in total. The Balaban J connectivity index is 1.61. The van der Waals surface area contributed by atoms with Gasteiger partial charge in [-0.1, -0.05) is 15.9 Å². The summed E-state index contributed by atoms with van der Waals surface area (Å²) in [5.41, 5.74) is 0.986. The number of benzene rings is 3. The molecule has 0 aliphatic rings. The zero-order chi connectivity index (χ0) is 22.4. The van der Waals surface area contributed by atoms with Crippen molar-refractivity contribution in [1.29, 1.82) is 0 Å². The van der Waals surface area contributed by atoms with Gasteiger partial charge in [0.05, 0.1) is 17.3 Å². The fourth-order valence-electron chi connectivity index (χ4n) is 2.61. The average Bonchev–Trinajstić information content (AvgIpc) is 2.76. The van der Waals surface area contributed by atoms with Crippen molar-refractivity contribution in [2.24, 2.45) is 0 Å². The Morgan fingerprint density at radius 1 is 0.935 bits per heavy atom. The van der Waals surface area contributed by atoms with Crippen molar-refractivity contribution >= 4 is 55.0 Å². The summed E-state index contributed by atoms with van der Waals surface area (Å²) < 4.78 is 33.6. The lowest BCUT2D eigenvalue weighted by Crippen LogP contribution is -2.22. The first kappa shape index (κ1) is 23.2. The van der Waals surface area contributed by atoms with Crippen molar-refractivity contribution in [3.63, 3.8) is 0 Å². The molecule has 0 aliphatic heterocycles. The lowest BCUT2D eigenvalue weighted by atomic mass is 10.3. The van der Waals surface area contributed by atoms with Gasteiger partial charge in [0.15, 0.2) is 0 Å². The second-order valence-electron chi connectivity index (χ2n) is 6.56. The summed E-state index contributed by atoms with van der Waals surface area (Å²) in [6, 6.07) is 20.4. The molecule has 31 heavy (non-hydrogen) atoms. The minimum absolute atomic E-state index is 0.106. The predicted octanol–water partition coefficient (Wildman–Crippen LogP) is 5.38. The highest BCUT2D eigenvalue weighted by molar-refractivity contribution is 9.10. The number of hydrogen-bond donors (Lipinski definition) is 2. The van der Waals surface area contributed by atoms with Gasteiger partial charge >= 0.3 is 0 Å². The fourth-order valence-corrected chi connectivity index (χ4v) is 4.80. The van der Waals surface area contributed by atoms with E-state index in [0.29, 0.717) is 11.4 Å². The van der Waals surface area contributed by atoms with Crippen LogP contribution in [0.4, 0.5) is 11.4 Å². The number of halogens is 1. The van der Waals surface area contributed by atoms with Crippen LogP contribution in [0, 0.1) is 0 Å². The summed E-state index contributed by atoms with van der Waals surface area (Å²) in [5, 5.41) is 2.48. The highest BCUT2D eigenvalue weighted by Crippen LogP contribution is 2.26. The lowest BCUT2D eigenvalue weighted by Gasteiger charge is -2.13. The number of ether oxygens (including phenoxy) is 1. The molecule has 3 rings (SSSR count). The zero-order valence-electron chi connectivity index (χ0n) is 16.8. The number of thioether (sulfide) groups is 1. The molecule has 3 aromatic carbocycles. The van der Waals surface area contributed by atoms with Gasteiger partial charge in [0, 0.05) is 20.7 Å². The molecule has 0 saturated heterocycles. The maximum atomic E-state index is 12.6. The van der Waals surface area contributed by atoms with Crippen LogP contribution in [0.2, 0.25) is 0 Å². The third-order valence-corrected chi connectivity index (χ3v) is 7.31. The van der Waals surface area contributed by atoms with Crippen molar-refractivity contribution in [2.45, 2.75) is 22.0 Å². The number of rotatable bonds is 8. The zero-order valence-corrected chi connectivity index (χ0v) is 20.1. The summed E-state index contributed by atoms with van der Waals surface area (Å²) in [6.45, 7) is 1.81. The van der Waals surface area contributed by atoms with E-state index in [1.54, 1.807) is 43.5 Å². The number of anilines is 2. The first-order valence-corrected chi connectivity index (χ1v) is 12.4. The molecule has 0 aliphatic carbocycles. The monoisotopic (exact) mass is 520 g/mol. The van der Waals surface area contributed by atoms with E-state index in [1.165, 1.54) is 23.9 Å². The predicted molar refractivity (Wildman–Crippen MR) is 128 cm³/mol. The van der Waals surface area contributed by atoms with E-state index < -0.39 is 10.0 Å². The molecule has 1 amide bonds. The van der Waals surface area contributed by atoms with E-state index in [-0.39, 0.29) is 16.1 Å². The van der Waals surface area contributed by atoms with E-state index in [0.717, 1.165) is 15.1 Å². The maximum Gasteiger partial charge on any atom is 0.261 e. The molecule has 3 aromatic rings. The maximum absolute atomic E-state index is 12.6. The van der Waals surface area contributed by atoms with Gasteiger partial charge in [-0.2, -0.15) is 0 Å². The molecule has 0 unspecified atom stereocenters. The summed E-state index contributed by atoms with van der Waals surface area (Å²) >= 11 is 4.74. The number of sulfonamides is 1. The minimum Gasteiger partial charge on any atom is -0.497 e. The fraction of sp³-hybridized carbons (Fsp3) is 0.136. The summed E-state index contributed by atoms with van der Waals surface area (Å²) in [7, 11) is -2.12. The molecule has 0 radical (unpaired) electrons. The number of carbonyl (C=O) groups is 1. The standard InChI is InChI=1S/C22H21BrN2O4S2/c1-15(30-20-11-9-19(29-2)10-12-20)22(26)24-17-7-13-21(14-8-17)31(27,28)25-18-5-3-16(23)4-6-18/h3-15,25H,1-2H3,(H,24,26)/t15-/m1/s1. The van der Waals surface area contributed by atoms with Crippen LogP contribution in [0.1, 0.15) is 6.92 Å². The van der Waals surface area contributed by atoms with E-state index in [9.17, 15) is 13.2 Å². The largest absolute Gasteiger partial charge is 0.497 e. The van der Waals surface area contributed by atoms with Crippen molar-refractivity contribution in [1.82, 2.24) is 0 Å². The third-order valence-electron chi connectivity index (χ3n) is 4.27. The Morgan fingerprint density at radius 3 is 2.10 bits per heavy atom. The van der Waals surface area contributed by atoms with Gasteiger partial charge in [-0.15, -0.1) is 11.8 Å². The summed E-state index contributed by atoms with van der Waals surface area (Å²) in [4.78, 5) is 13.6. The first-order valence-electron chi connectivity index (χ1n) is 9.27.